The second-order valence-electron chi connectivity index (χ2n) is 9.54. The zero-order valence-electron chi connectivity index (χ0n) is 21.8. The van der Waals surface area contributed by atoms with Crippen LogP contribution in [0.4, 0.5) is 4.39 Å². The smallest absolute Gasteiger partial charge is 0.254 e. The van der Waals surface area contributed by atoms with E-state index in [-0.39, 0.29) is 12.7 Å². The van der Waals surface area contributed by atoms with Gasteiger partial charge in [-0.05, 0) is 54.1 Å². The topological polar surface area (TPSA) is 73.4 Å². The molecule has 0 atom stereocenters. The van der Waals surface area contributed by atoms with Crippen molar-refractivity contribution in [1.82, 2.24) is 14.8 Å². The Balaban J connectivity index is 1.25. The molecule has 4 aromatic rings. The normalized spacial score (nSPS) is 15.0. The number of fused-ring (bicyclic) bond motifs is 2. The van der Waals surface area contributed by atoms with Crippen LogP contribution >= 0.6 is 0 Å². The van der Waals surface area contributed by atoms with Gasteiger partial charge in [0.1, 0.15) is 17.3 Å². The van der Waals surface area contributed by atoms with Crippen molar-refractivity contribution in [2.24, 2.45) is 0 Å². The van der Waals surface area contributed by atoms with Crippen molar-refractivity contribution in [3.63, 3.8) is 0 Å². The summed E-state index contributed by atoms with van der Waals surface area (Å²) in [4.78, 5) is 22.7. The van der Waals surface area contributed by atoms with E-state index >= 15 is 0 Å². The molecule has 2 aliphatic rings. The predicted octanol–water partition coefficient (Wildman–Crippen LogP) is 4.74. The van der Waals surface area contributed by atoms with Gasteiger partial charge in [-0.15, -0.1) is 0 Å². The summed E-state index contributed by atoms with van der Waals surface area (Å²) < 4.78 is 36.1. The van der Waals surface area contributed by atoms with Crippen molar-refractivity contribution in [2.45, 2.75) is 6.54 Å². The number of carbonyl (C=O) groups excluding carboxylic acids is 1. The molecule has 1 aromatic heterocycles. The Bertz CT molecular complexity index is 1550. The summed E-state index contributed by atoms with van der Waals surface area (Å²) in [6.45, 7) is 3.56. The number of nitrogens with zero attached hydrogens (tertiary/aromatic N) is 3. The molecule has 0 saturated carbocycles. The van der Waals surface area contributed by atoms with E-state index in [9.17, 15) is 9.18 Å². The molecule has 1 saturated heterocycles. The third kappa shape index (κ3) is 4.93. The van der Waals surface area contributed by atoms with Crippen LogP contribution in [-0.4, -0.2) is 67.9 Å². The average molecular weight is 530 g/mol. The lowest BCUT2D eigenvalue weighted by Gasteiger charge is -2.35. The Morgan fingerprint density at radius 3 is 2.54 bits per heavy atom. The molecule has 1 fully saturated rings. The Morgan fingerprint density at radius 2 is 1.74 bits per heavy atom. The van der Waals surface area contributed by atoms with Gasteiger partial charge in [0.25, 0.3) is 5.91 Å². The van der Waals surface area contributed by atoms with Gasteiger partial charge < -0.3 is 23.8 Å². The fourth-order valence-electron chi connectivity index (χ4n) is 5.10. The van der Waals surface area contributed by atoms with E-state index in [4.69, 9.17) is 23.9 Å². The Hall–Kier alpha value is -4.37. The molecular formula is C30H28FN3O5. The number of methoxy groups -OCH3 is 2. The van der Waals surface area contributed by atoms with Crippen LogP contribution in [0.5, 0.6) is 23.0 Å². The summed E-state index contributed by atoms with van der Waals surface area (Å²) in [5, 5.41) is 0.485. The minimum absolute atomic E-state index is 0.149. The first-order valence-electron chi connectivity index (χ1n) is 12.8. The van der Waals surface area contributed by atoms with Crippen LogP contribution in [0.2, 0.25) is 0 Å². The van der Waals surface area contributed by atoms with Crippen LogP contribution in [0.25, 0.3) is 22.2 Å². The lowest BCUT2D eigenvalue weighted by atomic mass is 10.0. The minimum atomic E-state index is -0.415. The van der Waals surface area contributed by atoms with Crippen molar-refractivity contribution in [3.05, 3.63) is 77.6 Å². The predicted molar refractivity (Wildman–Crippen MR) is 144 cm³/mol. The summed E-state index contributed by atoms with van der Waals surface area (Å²) in [6, 6.07) is 17.5. The number of rotatable bonds is 6. The third-order valence-corrected chi connectivity index (χ3v) is 7.19. The zero-order chi connectivity index (χ0) is 26.9. The summed E-state index contributed by atoms with van der Waals surface area (Å²) in [7, 11) is 3.16. The quantitative estimate of drug-likeness (QED) is 0.357. The molecule has 1 amide bonds. The van der Waals surface area contributed by atoms with Crippen molar-refractivity contribution >= 4 is 16.8 Å². The molecule has 200 valence electrons. The maximum Gasteiger partial charge on any atom is 0.254 e. The molecule has 0 spiro atoms. The number of aromatic nitrogens is 1. The molecule has 0 bridgehead atoms. The van der Waals surface area contributed by atoms with E-state index in [1.807, 2.05) is 35.2 Å². The van der Waals surface area contributed by atoms with Crippen molar-refractivity contribution < 1.29 is 28.1 Å². The van der Waals surface area contributed by atoms with Gasteiger partial charge >= 0.3 is 0 Å². The number of halogens is 1. The highest BCUT2D eigenvalue weighted by atomic mass is 19.1. The van der Waals surface area contributed by atoms with Gasteiger partial charge in [-0.2, -0.15) is 0 Å². The number of hydrogen-bond acceptors (Lipinski definition) is 7. The summed E-state index contributed by atoms with van der Waals surface area (Å²) in [6.07, 6.45) is 0. The number of benzene rings is 3. The standard InChI is InChI=1S/C30H28FN3O5/c1-36-21-5-6-22(28(15-21)37-2)26-16-24(23-14-20(31)4-7-25(23)32-26)30(35)34-11-9-33(10-12-34)17-19-3-8-27-29(13-19)39-18-38-27/h3-8,13-16H,9-12,17-18H2,1-2H3. The van der Waals surface area contributed by atoms with Crippen LogP contribution in [0.1, 0.15) is 15.9 Å². The van der Waals surface area contributed by atoms with Gasteiger partial charge in [0.05, 0.1) is 31.0 Å². The largest absolute Gasteiger partial charge is 0.497 e. The van der Waals surface area contributed by atoms with Gasteiger partial charge in [0.15, 0.2) is 11.5 Å². The molecule has 0 radical (unpaired) electrons. The van der Waals surface area contributed by atoms with E-state index < -0.39 is 5.82 Å². The van der Waals surface area contributed by atoms with E-state index in [0.717, 1.165) is 36.7 Å². The Labute approximate surface area is 225 Å². The van der Waals surface area contributed by atoms with Gasteiger partial charge in [-0.25, -0.2) is 9.37 Å². The molecule has 0 unspecified atom stereocenters. The lowest BCUT2D eigenvalue weighted by molar-refractivity contribution is 0.0630. The van der Waals surface area contributed by atoms with Gasteiger partial charge in [-0.3, -0.25) is 9.69 Å². The number of pyridine rings is 1. The first-order chi connectivity index (χ1) is 19.0. The summed E-state index contributed by atoms with van der Waals surface area (Å²) in [5.74, 6) is 2.18. The maximum atomic E-state index is 14.3. The van der Waals surface area contributed by atoms with E-state index in [1.54, 1.807) is 32.4 Å². The van der Waals surface area contributed by atoms with Crippen LogP contribution in [0.15, 0.2) is 60.7 Å². The van der Waals surface area contributed by atoms with E-state index in [0.29, 0.717) is 52.3 Å². The summed E-state index contributed by atoms with van der Waals surface area (Å²) >= 11 is 0. The molecule has 9 heteroatoms. The van der Waals surface area contributed by atoms with Crippen molar-refractivity contribution in [3.8, 4) is 34.3 Å². The Kier molecular flexibility index (Phi) is 6.66. The highest BCUT2D eigenvalue weighted by Gasteiger charge is 2.26. The summed E-state index contributed by atoms with van der Waals surface area (Å²) in [5.41, 5.74) is 3.37. The highest BCUT2D eigenvalue weighted by Crippen LogP contribution is 2.35. The van der Waals surface area contributed by atoms with Crippen molar-refractivity contribution in [1.29, 1.82) is 0 Å². The van der Waals surface area contributed by atoms with Gasteiger partial charge in [0.2, 0.25) is 6.79 Å². The third-order valence-electron chi connectivity index (χ3n) is 7.19. The lowest BCUT2D eigenvalue weighted by Crippen LogP contribution is -2.48. The van der Waals surface area contributed by atoms with Crippen molar-refractivity contribution in [2.75, 3.05) is 47.2 Å². The number of hydrogen-bond donors (Lipinski definition) is 0. The minimum Gasteiger partial charge on any atom is -0.497 e. The second-order valence-corrected chi connectivity index (χ2v) is 9.54. The van der Waals surface area contributed by atoms with E-state index in [2.05, 4.69) is 4.90 Å². The molecule has 6 rings (SSSR count). The van der Waals surface area contributed by atoms with Gasteiger partial charge in [-0.1, -0.05) is 6.07 Å². The van der Waals surface area contributed by atoms with Crippen LogP contribution in [0, 0.1) is 5.82 Å². The fraction of sp³-hybridized carbons (Fsp3) is 0.267. The van der Waals surface area contributed by atoms with Crippen LogP contribution < -0.4 is 18.9 Å². The zero-order valence-corrected chi connectivity index (χ0v) is 21.8. The SMILES string of the molecule is COc1ccc(-c2cc(C(=O)N3CCN(Cc4ccc5c(c4)OCO5)CC3)c3cc(F)ccc3n2)c(OC)c1. The first-order valence-corrected chi connectivity index (χ1v) is 12.8. The number of piperazine rings is 1. The van der Waals surface area contributed by atoms with Crippen LogP contribution in [0.3, 0.4) is 0 Å². The highest BCUT2D eigenvalue weighted by molar-refractivity contribution is 6.07. The van der Waals surface area contributed by atoms with Gasteiger partial charge in [0, 0.05) is 49.7 Å². The molecule has 39 heavy (non-hydrogen) atoms. The molecule has 0 aliphatic carbocycles. The van der Waals surface area contributed by atoms with E-state index in [1.165, 1.54) is 12.1 Å². The molecule has 0 N–H and O–H groups in total. The Morgan fingerprint density at radius 1 is 0.923 bits per heavy atom. The molecule has 2 aliphatic heterocycles. The number of carbonyl (C=O) groups is 1. The monoisotopic (exact) mass is 529 g/mol. The maximum absolute atomic E-state index is 14.3. The van der Waals surface area contributed by atoms with Crippen LogP contribution in [-0.2, 0) is 6.54 Å². The fourth-order valence-corrected chi connectivity index (χ4v) is 5.10. The second kappa shape index (κ2) is 10.4. The molecule has 8 nitrogen and oxygen atoms in total. The molecule has 3 aromatic carbocycles. The number of amides is 1. The average Bonchev–Trinajstić information content (AvgIpc) is 3.44. The first kappa shape index (κ1) is 24.9. The molecule has 3 heterocycles. The number of ether oxygens (including phenoxy) is 4. The molecular weight excluding hydrogens is 501 g/mol.